The zero-order valence-electron chi connectivity index (χ0n) is 7.81. The van der Waals surface area contributed by atoms with Crippen LogP contribution in [0.25, 0.3) is 0 Å². The summed E-state index contributed by atoms with van der Waals surface area (Å²) in [7, 11) is 2.14. The maximum absolute atomic E-state index is 4.04. The Hall–Kier alpha value is 0.140. The molecule has 1 saturated heterocycles. The molecule has 2 atom stereocenters. The average molecular weight is 233 g/mol. The van der Waals surface area contributed by atoms with E-state index in [0.29, 0.717) is 11.0 Å². The van der Waals surface area contributed by atoms with E-state index in [2.05, 4.69) is 46.7 Å². The molecule has 0 aliphatic carbocycles. The van der Waals surface area contributed by atoms with Gasteiger partial charge in [-0.05, 0) is 20.4 Å². The molecule has 12 heavy (non-hydrogen) atoms. The topological polar surface area (TPSA) is 15.3 Å². The third kappa shape index (κ3) is 2.88. The van der Waals surface area contributed by atoms with Gasteiger partial charge in [-0.25, -0.2) is 0 Å². The van der Waals surface area contributed by atoms with Crippen molar-refractivity contribution in [2.75, 3.05) is 20.1 Å². The van der Waals surface area contributed by atoms with Crippen molar-refractivity contribution in [3.05, 3.63) is 12.2 Å². The monoisotopic (exact) mass is 232 g/mol. The van der Waals surface area contributed by atoms with Gasteiger partial charge in [0.1, 0.15) is 0 Å². The third-order valence-electron chi connectivity index (χ3n) is 2.33. The summed E-state index contributed by atoms with van der Waals surface area (Å²) in [6, 6.07) is 0.585. The molecule has 0 aromatic heterocycles. The van der Waals surface area contributed by atoms with Gasteiger partial charge in [0.05, 0.1) is 4.95 Å². The van der Waals surface area contributed by atoms with E-state index in [9.17, 15) is 0 Å². The molecule has 0 aromatic carbocycles. The summed E-state index contributed by atoms with van der Waals surface area (Å²) in [4.78, 5) is 2.73. The second-order valence-corrected chi connectivity index (χ2v) is 4.70. The van der Waals surface area contributed by atoms with Gasteiger partial charge >= 0.3 is 0 Å². The van der Waals surface area contributed by atoms with E-state index in [4.69, 9.17) is 0 Å². The highest BCUT2D eigenvalue weighted by Gasteiger charge is 2.16. The summed E-state index contributed by atoms with van der Waals surface area (Å²) >= 11 is 3.57. The zero-order valence-corrected chi connectivity index (χ0v) is 9.39. The molecule has 1 fully saturated rings. The van der Waals surface area contributed by atoms with Crippen LogP contribution in [0.15, 0.2) is 12.2 Å². The van der Waals surface area contributed by atoms with Crippen molar-refractivity contribution >= 4 is 15.9 Å². The molecule has 1 aliphatic heterocycles. The highest BCUT2D eigenvalue weighted by atomic mass is 79.9. The smallest absolute Gasteiger partial charge is 0.0669 e. The molecule has 0 aromatic rings. The Balaban J connectivity index is 2.52. The summed E-state index contributed by atoms with van der Waals surface area (Å²) < 4.78 is 0. The molecule has 1 unspecified atom stereocenters. The predicted molar refractivity (Wildman–Crippen MR) is 56.6 cm³/mol. The normalized spacial score (nSPS) is 34.4. The van der Waals surface area contributed by atoms with Gasteiger partial charge in [0, 0.05) is 19.1 Å². The Kier molecular flexibility index (Phi) is 3.75. The number of likely N-dealkylation sites (N-methyl/N-ethyl adjacent to an activating group) is 1. The molecule has 0 bridgehead atoms. The lowest BCUT2D eigenvalue weighted by molar-refractivity contribution is 0.256. The minimum atomic E-state index is 0.404. The molecule has 2 nitrogen and oxygen atoms in total. The number of hydrogen-bond acceptors (Lipinski definition) is 2. The Morgan fingerprint density at radius 3 is 3.00 bits per heavy atom. The molecule has 70 valence electrons. The Morgan fingerprint density at radius 1 is 1.67 bits per heavy atom. The number of rotatable bonds is 0. The van der Waals surface area contributed by atoms with Crippen LogP contribution in [-0.2, 0) is 0 Å². The summed E-state index contributed by atoms with van der Waals surface area (Å²) in [5.74, 6) is 0. The van der Waals surface area contributed by atoms with Crippen molar-refractivity contribution in [3.63, 3.8) is 0 Å². The van der Waals surface area contributed by atoms with E-state index >= 15 is 0 Å². The molecular weight excluding hydrogens is 216 g/mol. The van der Waals surface area contributed by atoms with Gasteiger partial charge < -0.3 is 5.32 Å². The first-order valence-corrected chi connectivity index (χ1v) is 5.25. The minimum Gasteiger partial charge on any atom is -0.303 e. The number of nitrogens with one attached hydrogen (secondary N) is 1. The van der Waals surface area contributed by atoms with Crippen molar-refractivity contribution < 1.29 is 0 Å². The predicted octanol–water partition coefficient (Wildman–Crippen LogP) is 1.58. The van der Waals surface area contributed by atoms with Crippen LogP contribution in [0.2, 0.25) is 0 Å². The van der Waals surface area contributed by atoms with E-state index in [1.807, 2.05) is 0 Å². The Bertz CT molecular complexity index is 170. The summed E-state index contributed by atoms with van der Waals surface area (Å²) in [5.41, 5.74) is 1.29. The van der Waals surface area contributed by atoms with E-state index in [0.717, 1.165) is 19.5 Å². The van der Waals surface area contributed by atoms with Crippen LogP contribution in [0.3, 0.4) is 0 Å². The molecule has 0 spiro atoms. The molecule has 1 N–H and O–H groups in total. The summed E-state index contributed by atoms with van der Waals surface area (Å²) in [6.07, 6.45) is 1.02. The van der Waals surface area contributed by atoms with E-state index in [1.165, 1.54) is 5.57 Å². The molecule has 1 aliphatic rings. The quantitative estimate of drug-likeness (QED) is 0.388. The van der Waals surface area contributed by atoms with Crippen LogP contribution in [0.4, 0.5) is 0 Å². The Morgan fingerprint density at radius 2 is 2.33 bits per heavy atom. The number of nitrogens with zero attached hydrogens (tertiary/aromatic N) is 1. The van der Waals surface area contributed by atoms with Crippen molar-refractivity contribution in [1.29, 1.82) is 0 Å². The standard InChI is InChI=1S/C9H17BrN2/c1-7-4-9(10)11-5-8(2)12(3)6-7/h8-9,11H,1,4-6H2,2-3H3/t8-,9?/m1/s1. The van der Waals surface area contributed by atoms with Crippen LogP contribution in [0, 0.1) is 0 Å². The number of alkyl halides is 1. The fraction of sp³-hybridized carbons (Fsp3) is 0.778. The largest absolute Gasteiger partial charge is 0.303 e. The van der Waals surface area contributed by atoms with E-state index in [-0.39, 0.29) is 0 Å². The number of halogens is 1. The fourth-order valence-corrected chi connectivity index (χ4v) is 2.00. The maximum atomic E-state index is 4.04. The van der Waals surface area contributed by atoms with Gasteiger partial charge in [-0.2, -0.15) is 0 Å². The van der Waals surface area contributed by atoms with Crippen LogP contribution in [0.1, 0.15) is 13.3 Å². The van der Waals surface area contributed by atoms with Crippen LogP contribution in [-0.4, -0.2) is 36.0 Å². The lowest BCUT2D eigenvalue weighted by Gasteiger charge is -2.30. The molecular formula is C9H17BrN2. The third-order valence-corrected chi connectivity index (χ3v) is 2.98. The van der Waals surface area contributed by atoms with Gasteiger partial charge in [-0.15, -0.1) is 0 Å². The molecule has 0 saturated carbocycles. The van der Waals surface area contributed by atoms with Crippen molar-refractivity contribution in [2.24, 2.45) is 0 Å². The molecule has 3 heteroatoms. The molecule has 0 radical (unpaired) electrons. The zero-order chi connectivity index (χ0) is 9.14. The lowest BCUT2D eigenvalue weighted by atomic mass is 10.1. The van der Waals surface area contributed by atoms with Gasteiger partial charge in [-0.3, -0.25) is 4.90 Å². The molecule has 0 amide bonds. The fourth-order valence-electron chi connectivity index (χ4n) is 1.35. The first-order valence-electron chi connectivity index (χ1n) is 4.34. The molecule has 1 heterocycles. The summed E-state index contributed by atoms with van der Waals surface area (Å²) in [5, 5.41) is 3.41. The average Bonchev–Trinajstić information content (AvgIpc) is 1.98. The lowest BCUT2D eigenvalue weighted by Crippen LogP contribution is -2.43. The van der Waals surface area contributed by atoms with Crippen molar-refractivity contribution in [2.45, 2.75) is 24.3 Å². The number of hydrogen-bond donors (Lipinski definition) is 1. The van der Waals surface area contributed by atoms with Crippen molar-refractivity contribution in [3.8, 4) is 0 Å². The van der Waals surface area contributed by atoms with E-state index in [1.54, 1.807) is 0 Å². The minimum absolute atomic E-state index is 0.404. The van der Waals surface area contributed by atoms with Crippen LogP contribution >= 0.6 is 15.9 Å². The van der Waals surface area contributed by atoms with Gasteiger partial charge in [0.15, 0.2) is 0 Å². The highest BCUT2D eigenvalue weighted by molar-refractivity contribution is 9.09. The summed E-state index contributed by atoms with van der Waals surface area (Å²) in [6.45, 7) is 8.33. The SMILES string of the molecule is C=C1CC(Br)NC[C@@H](C)N(C)C1. The first kappa shape index (κ1) is 10.2. The second-order valence-electron chi connectivity index (χ2n) is 3.59. The van der Waals surface area contributed by atoms with Gasteiger partial charge in [0.2, 0.25) is 0 Å². The van der Waals surface area contributed by atoms with Gasteiger partial charge in [-0.1, -0.05) is 28.1 Å². The van der Waals surface area contributed by atoms with E-state index < -0.39 is 0 Å². The second kappa shape index (κ2) is 4.40. The Labute approximate surface area is 83.1 Å². The molecule has 1 rings (SSSR count). The van der Waals surface area contributed by atoms with Crippen LogP contribution < -0.4 is 5.32 Å². The van der Waals surface area contributed by atoms with Gasteiger partial charge in [0.25, 0.3) is 0 Å². The maximum Gasteiger partial charge on any atom is 0.0669 e. The first-order chi connectivity index (χ1) is 5.59. The van der Waals surface area contributed by atoms with Crippen molar-refractivity contribution in [1.82, 2.24) is 10.2 Å². The highest BCUT2D eigenvalue weighted by Crippen LogP contribution is 2.13. The van der Waals surface area contributed by atoms with Crippen LogP contribution in [0.5, 0.6) is 0 Å².